The van der Waals surface area contributed by atoms with E-state index >= 15 is 0 Å². The number of rotatable bonds is 3. The third-order valence-electron chi connectivity index (χ3n) is 4.23. The van der Waals surface area contributed by atoms with Gasteiger partial charge in [-0.3, -0.25) is 14.7 Å². The fourth-order valence-corrected chi connectivity index (χ4v) is 4.04. The molecule has 5 nitrogen and oxygen atoms in total. The zero-order valence-electron chi connectivity index (χ0n) is 13.3. The third kappa shape index (κ3) is 2.88. The molecule has 4 rings (SSSR count). The zero-order chi connectivity index (χ0) is 17.6. The lowest BCUT2D eigenvalue weighted by Gasteiger charge is -2.21. The number of ketones is 1. The molecule has 126 valence electrons. The minimum absolute atomic E-state index is 0.0502. The van der Waals surface area contributed by atoms with E-state index in [1.54, 1.807) is 12.1 Å². The van der Waals surface area contributed by atoms with Crippen molar-refractivity contribution in [2.75, 3.05) is 5.32 Å². The lowest BCUT2D eigenvalue weighted by molar-refractivity contribution is -0.116. The van der Waals surface area contributed by atoms with Crippen LogP contribution in [0, 0.1) is 6.92 Å². The van der Waals surface area contributed by atoms with Gasteiger partial charge in [-0.25, -0.2) is 0 Å². The lowest BCUT2D eigenvalue weighted by atomic mass is 9.86. The SMILES string of the molecule is Cc1ccc(C(=O)[C@@H]2CC(=O)Nc3n[nH]c(-c4ccc(Cl)cc4)c32)s1. The number of amides is 1. The molecule has 1 aliphatic rings. The van der Waals surface area contributed by atoms with Crippen LogP contribution in [-0.2, 0) is 4.79 Å². The molecule has 0 aliphatic carbocycles. The van der Waals surface area contributed by atoms with Crippen LogP contribution in [0.2, 0.25) is 5.02 Å². The maximum atomic E-state index is 13.0. The number of H-pyrrole nitrogens is 1. The van der Waals surface area contributed by atoms with Crippen molar-refractivity contribution < 1.29 is 9.59 Å². The summed E-state index contributed by atoms with van der Waals surface area (Å²) >= 11 is 7.40. The minimum Gasteiger partial charge on any atom is -0.309 e. The largest absolute Gasteiger partial charge is 0.309 e. The predicted molar refractivity (Wildman–Crippen MR) is 98.4 cm³/mol. The van der Waals surface area contributed by atoms with Crippen LogP contribution in [-0.4, -0.2) is 21.9 Å². The molecule has 25 heavy (non-hydrogen) atoms. The van der Waals surface area contributed by atoms with Gasteiger partial charge in [0.25, 0.3) is 0 Å². The first kappa shape index (κ1) is 16.1. The van der Waals surface area contributed by atoms with Crippen LogP contribution in [0.1, 0.15) is 32.5 Å². The Morgan fingerprint density at radius 1 is 1.24 bits per heavy atom. The Bertz CT molecular complexity index is 975. The standard InChI is InChI=1S/C18H14ClN3O2S/c1-9-2-7-13(25-9)17(24)12-8-14(23)20-18-15(12)16(21-22-18)10-3-5-11(19)6-4-10/h2-7,12H,8H2,1H3,(H2,20,21,22,23)/t12-/m1/s1. The second-order valence-electron chi connectivity index (χ2n) is 5.95. The van der Waals surface area contributed by atoms with Gasteiger partial charge in [0.15, 0.2) is 11.6 Å². The van der Waals surface area contributed by atoms with Gasteiger partial charge in [-0.1, -0.05) is 23.7 Å². The monoisotopic (exact) mass is 371 g/mol. The number of aromatic nitrogens is 2. The summed E-state index contributed by atoms with van der Waals surface area (Å²) < 4.78 is 0. The van der Waals surface area contributed by atoms with E-state index < -0.39 is 5.92 Å². The number of aromatic amines is 1. The third-order valence-corrected chi connectivity index (χ3v) is 5.50. The molecule has 0 saturated heterocycles. The molecule has 1 amide bonds. The number of halogens is 1. The maximum absolute atomic E-state index is 13.0. The quantitative estimate of drug-likeness (QED) is 0.669. The summed E-state index contributed by atoms with van der Waals surface area (Å²) in [5, 5.41) is 10.5. The number of nitrogens with zero attached hydrogens (tertiary/aromatic N) is 1. The highest BCUT2D eigenvalue weighted by Crippen LogP contribution is 2.40. The van der Waals surface area contributed by atoms with Gasteiger partial charge in [-0.2, -0.15) is 5.10 Å². The van der Waals surface area contributed by atoms with Crippen LogP contribution in [0.5, 0.6) is 0 Å². The average Bonchev–Trinajstić information content (AvgIpc) is 3.20. The van der Waals surface area contributed by atoms with Crippen LogP contribution >= 0.6 is 22.9 Å². The number of carbonyl (C=O) groups excluding carboxylic acids is 2. The van der Waals surface area contributed by atoms with E-state index in [2.05, 4.69) is 15.5 Å². The molecule has 0 fully saturated rings. The van der Waals surface area contributed by atoms with Crippen molar-refractivity contribution in [1.82, 2.24) is 10.2 Å². The molecular weight excluding hydrogens is 358 g/mol. The van der Waals surface area contributed by atoms with Gasteiger partial charge in [0.2, 0.25) is 5.91 Å². The Labute approximate surface area is 153 Å². The van der Waals surface area contributed by atoms with Gasteiger partial charge in [0.1, 0.15) is 0 Å². The lowest BCUT2D eigenvalue weighted by Crippen LogP contribution is -2.27. The highest BCUT2D eigenvalue weighted by atomic mass is 35.5. The maximum Gasteiger partial charge on any atom is 0.226 e. The molecule has 0 bridgehead atoms. The highest BCUT2D eigenvalue weighted by molar-refractivity contribution is 7.14. The summed E-state index contributed by atoms with van der Waals surface area (Å²) in [6.07, 6.45) is 0.114. The Morgan fingerprint density at radius 3 is 2.68 bits per heavy atom. The second kappa shape index (κ2) is 6.13. The van der Waals surface area contributed by atoms with Crippen molar-refractivity contribution in [2.45, 2.75) is 19.3 Å². The first-order valence-corrected chi connectivity index (χ1v) is 8.97. The number of carbonyl (C=O) groups is 2. The first-order chi connectivity index (χ1) is 12.0. The van der Waals surface area contributed by atoms with E-state index in [1.165, 1.54) is 11.3 Å². The zero-order valence-corrected chi connectivity index (χ0v) is 14.9. The molecule has 1 atom stereocenters. The number of anilines is 1. The summed E-state index contributed by atoms with van der Waals surface area (Å²) in [5.74, 6) is -0.377. The van der Waals surface area contributed by atoms with Crippen molar-refractivity contribution in [3.63, 3.8) is 0 Å². The Morgan fingerprint density at radius 2 is 2.00 bits per heavy atom. The van der Waals surface area contributed by atoms with E-state index in [-0.39, 0.29) is 18.1 Å². The molecule has 7 heteroatoms. The number of hydrogen-bond donors (Lipinski definition) is 2. The average molecular weight is 372 g/mol. The van der Waals surface area contributed by atoms with Crippen LogP contribution in [0.25, 0.3) is 11.3 Å². The number of nitrogens with one attached hydrogen (secondary N) is 2. The summed E-state index contributed by atoms with van der Waals surface area (Å²) in [6.45, 7) is 1.96. The summed E-state index contributed by atoms with van der Waals surface area (Å²) in [6, 6.07) is 11.0. The van der Waals surface area contributed by atoms with E-state index in [0.717, 1.165) is 21.7 Å². The Balaban J connectivity index is 1.81. The van der Waals surface area contributed by atoms with Gasteiger partial charge < -0.3 is 5.32 Å². The minimum atomic E-state index is -0.550. The topological polar surface area (TPSA) is 74.8 Å². The number of fused-ring (bicyclic) bond motifs is 1. The van der Waals surface area contributed by atoms with E-state index in [4.69, 9.17) is 11.6 Å². The molecule has 0 spiro atoms. The van der Waals surface area contributed by atoms with Crippen LogP contribution in [0.3, 0.4) is 0 Å². The van der Waals surface area contributed by atoms with Crippen molar-refractivity contribution in [3.05, 3.63) is 56.7 Å². The fraction of sp³-hybridized carbons (Fsp3) is 0.167. The summed E-state index contributed by atoms with van der Waals surface area (Å²) in [7, 11) is 0. The number of Topliss-reactive ketones (excluding diaryl/α,β-unsaturated/α-hetero) is 1. The van der Waals surface area contributed by atoms with Crippen molar-refractivity contribution in [3.8, 4) is 11.3 Å². The first-order valence-electron chi connectivity index (χ1n) is 7.77. The Hall–Kier alpha value is -2.44. The van der Waals surface area contributed by atoms with Gasteiger partial charge in [-0.05, 0) is 31.2 Å². The number of thiophene rings is 1. The number of benzene rings is 1. The molecule has 0 saturated carbocycles. The van der Waals surface area contributed by atoms with Gasteiger partial charge in [0.05, 0.1) is 16.5 Å². The Kier molecular flexibility index (Phi) is 3.94. The van der Waals surface area contributed by atoms with Crippen molar-refractivity contribution in [1.29, 1.82) is 0 Å². The van der Waals surface area contributed by atoms with Gasteiger partial charge in [-0.15, -0.1) is 11.3 Å². The van der Waals surface area contributed by atoms with Crippen LogP contribution in [0.15, 0.2) is 36.4 Å². The fourth-order valence-electron chi connectivity index (χ4n) is 3.05. The van der Waals surface area contributed by atoms with Crippen molar-refractivity contribution in [2.24, 2.45) is 0 Å². The van der Waals surface area contributed by atoms with Gasteiger partial charge >= 0.3 is 0 Å². The molecule has 0 radical (unpaired) electrons. The van der Waals surface area contributed by atoms with E-state index in [1.807, 2.05) is 31.2 Å². The predicted octanol–water partition coefficient (Wildman–Crippen LogP) is 4.41. The molecule has 2 N–H and O–H groups in total. The molecule has 1 aliphatic heterocycles. The number of aryl methyl sites for hydroxylation is 1. The smallest absolute Gasteiger partial charge is 0.226 e. The summed E-state index contributed by atoms with van der Waals surface area (Å²) in [5.41, 5.74) is 2.34. The second-order valence-corrected chi connectivity index (χ2v) is 7.67. The van der Waals surface area contributed by atoms with E-state index in [9.17, 15) is 9.59 Å². The van der Waals surface area contributed by atoms with Gasteiger partial charge in [0, 0.05) is 27.4 Å². The molecule has 1 aromatic carbocycles. The summed E-state index contributed by atoms with van der Waals surface area (Å²) in [4.78, 5) is 26.8. The van der Waals surface area contributed by atoms with Crippen LogP contribution in [0.4, 0.5) is 5.82 Å². The molecule has 2 aromatic heterocycles. The number of hydrogen-bond acceptors (Lipinski definition) is 4. The highest BCUT2D eigenvalue weighted by Gasteiger charge is 2.36. The molecule has 3 heterocycles. The molecule has 0 unspecified atom stereocenters. The van der Waals surface area contributed by atoms with E-state index in [0.29, 0.717) is 15.7 Å². The normalized spacial score (nSPS) is 16.4. The molecule has 3 aromatic rings. The van der Waals surface area contributed by atoms with Crippen LogP contribution < -0.4 is 5.32 Å². The van der Waals surface area contributed by atoms with Crippen molar-refractivity contribution >= 4 is 40.4 Å². The molecular formula is C18H14ClN3O2S.